The highest BCUT2D eigenvalue weighted by atomic mass is 15.2. The van der Waals surface area contributed by atoms with Crippen molar-refractivity contribution in [3.05, 3.63) is 35.4 Å². The molecular weight excluding hydrogens is 256 g/mol. The summed E-state index contributed by atoms with van der Waals surface area (Å²) in [4.78, 5) is 0. The number of nitrogens with two attached hydrogens (primary N) is 1. The van der Waals surface area contributed by atoms with E-state index in [-0.39, 0.29) is 5.41 Å². The lowest BCUT2D eigenvalue weighted by molar-refractivity contribution is 0.222. The van der Waals surface area contributed by atoms with Crippen LogP contribution in [0.15, 0.2) is 24.3 Å². The van der Waals surface area contributed by atoms with Crippen molar-refractivity contribution in [2.24, 2.45) is 17.2 Å². The first-order chi connectivity index (χ1) is 9.54. The molecule has 0 saturated heterocycles. The third-order valence-electron chi connectivity index (χ3n) is 4.65. The van der Waals surface area contributed by atoms with Gasteiger partial charge in [0, 0.05) is 6.04 Å². The van der Waals surface area contributed by atoms with Gasteiger partial charge in [0.2, 0.25) is 0 Å². The minimum Gasteiger partial charge on any atom is -0.271 e. The molecule has 1 aromatic carbocycles. The number of hydrogen-bond acceptors (Lipinski definition) is 2. The first kappa shape index (κ1) is 18.2. The van der Waals surface area contributed by atoms with Gasteiger partial charge in [0.05, 0.1) is 0 Å². The van der Waals surface area contributed by atoms with Crippen LogP contribution in [0.5, 0.6) is 0 Å². The van der Waals surface area contributed by atoms with E-state index in [9.17, 15) is 0 Å². The lowest BCUT2D eigenvalue weighted by Gasteiger charge is -2.30. The van der Waals surface area contributed by atoms with Crippen molar-refractivity contribution in [3.8, 4) is 0 Å². The average molecular weight is 290 g/mol. The van der Waals surface area contributed by atoms with Crippen LogP contribution < -0.4 is 11.3 Å². The standard InChI is InChI=1S/C19H34N2/c1-14(18(2,3)4)12-17(21-20)13-15-8-10-16(11-9-15)19(5,6)7/h8-11,14,17,21H,12-13,20H2,1-7H3. The highest BCUT2D eigenvalue weighted by Gasteiger charge is 2.23. The van der Waals surface area contributed by atoms with E-state index in [1.807, 2.05) is 0 Å². The molecule has 1 rings (SSSR count). The molecule has 3 N–H and O–H groups in total. The van der Waals surface area contributed by atoms with Gasteiger partial charge < -0.3 is 0 Å². The normalized spacial score (nSPS) is 15.8. The minimum absolute atomic E-state index is 0.213. The Labute approximate surface area is 131 Å². The lowest BCUT2D eigenvalue weighted by Crippen LogP contribution is -2.39. The van der Waals surface area contributed by atoms with Crippen molar-refractivity contribution < 1.29 is 0 Å². The first-order valence-electron chi connectivity index (χ1n) is 8.09. The van der Waals surface area contributed by atoms with Gasteiger partial charge in [0.1, 0.15) is 0 Å². The molecule has 0 spiro atoms. The summed E-state index contributed by atoms with van der Waals surface area (Å²) in [6, 6.07) is 9.31. The summed E-state index contributed by atoms with van der Waals surface area (Å²) in [5.41, 5.74) is 6.27. The van der Waals surface area contributed by atoms with Crippen molar-refractivity contribution in [1.29, 1.82) is 0 Å². The van der Waals surface area contributed by atoms with Crippen molar-refractivity contribution in [2.45, 2.75) is 72.8 Å². The smallest absolute Gasteiger partial charge is 0.0253 e. The predicted molar refractivity (Wildman–Crippen MR) is 93.2 cm³/mol. The van der Waals surface area contributed by atoms with Gasteiger partial charge in [0.25, 0.3) is 0 Å². The Bertz CT molecular complexity index is 420. The zero-order valence-electron chi connectivity index (χ0n) is 15.0. The molecule has 0 aliphatic heterocycles. The van der Waals surface area contributed by atoms with E-state index < -0.39 is 0 Å². The summed E-state index contributed by atoms with van der Waals surface area (Å²) in [6.07, 6.45) is 2.09. The van der Waals surface area contributed by atoms with E-state index >= 15 is 0 Å². The van der Waals surface area contributed by atoms with E-state index in [1.54, 1.807) is 0 Å². The van der Waals surface area contributed by atoms with Crippen molar-refractivity contribution in [2.75, 3.05) is 0 Å². The van der Waals surface area contributed by atoms with Crippen molar-refractivity contribution in [1.82, 2.24) is 5.43 Å². The van der Waals surface area contributed by atoms with Gasteiger partial charge in [-0.05, 0) is 40.7 Å². The predicted octanol–water partition coefficient (Wildman–Crippen LogP) is 4.43. The quantitative estimate of drug-likeness (QED) is 0.622. The van der Waals surface area contributed by atoms with Crippen LogP contribution in [0.1, 0.15) is 66.0 Å². The minimum atomic E-state index is 0.213. The van der Waals surface area contributed by atoms with Gasteiger partial charge in [-0.2, -0.15) is 0 Å². The molecule has 0 saturated carbocycles. The second kappa shape index (κ2) is 6.93. The molecule has 2 nitrogen and oxygen atoms in total. The fourth-order valence-electron chi connectivity index (χ4n) is 2.42. The molecule has 1 aromatic rings. The van der Waals surface area contributed by atoms with E-state index in [2.05, 4.69) is 78.2 Å². The number of benzene rings is 1. The second-order valence-corrected chi connectivity index (χ2v) is 8.52. The van der Waals surface area contributed by atoms with Gasteiger partial charge in [0.15, 0.2) is 0 Å². The van der Waals surface area contributed by atoms with Gasteiger partial charge in [-0.25, -0.2) is 0 Å². The summed E-state index contributed by atoms with van der Waals surface area (Å²) in [5.74, 6) is 6.39. The molecule has 0 amide bonds. The van der Waals surface area contributed by atoms with E-state index in [0.717, 1.165) is 12.8 Å². The molecule has 0 heterocycles. The molecule has 120 valence electrons. The third-order valence-corrected chi connectivity index (χ3v) is 4.65. The molecule has 0 aromatic heterocycles. The van der Waals surface area contributed by atoms with Gasteiger partial charge in [-0.3, -0.25) is 11.3 Å². The van der Waals surface area contributed by atoms with Crippen LogP contribution in [0.3, 0.4) is 0 Å². The zero-order chi connectivity index (χ0) is 16.3. The van der Waals surface area contributed by atoms with Crippen LogP contribution in [0, 0.1) is 11.3 Å². The van der Waals surface area contributed by atoms with Crippen LogP contribution in [0.4, 0.5) is 0 Å². The monoisotopic (exact) mass is 290 g/mol. The number of hydrazine groups is 1. The molecule has 2 unspecified atom stereocenters. The third kappa shape index (κ3) is 5.80. The Morgan fingerprint density at radius 1 is 1.00 bits per heavy atom. The molecule has 0 bridgehead atoms. The molecule has 21 heavy (non-hydrogen) atoms. The summed E-state index contributed by atoms with van der Waals surface area (Å²) >= 11 is 0. The largest absolute Gasteiger partial charge is 0.271 e. The molecule has 0 aliphatic carbocycles. The molecule has 0 fully saturated rings. The Kier molecular flexibility index (Phi) is 6.01. The molecule has 2 atom stereocenters. The maximum Gasteiger partial charge on any atom is 0.0253 e. The maximum absolute atomic E-state index is 5.76. The molecular formula is C19H34N2. The second-order valence-electron chi connectivity index (χ2n) is 8.52. The Hall–Kier alpha value is -0.860. The SMILES string of the molecule is CC(CC(Cc1ccc(C(C)(C)C)cc1)NN)C(C)(C)C. The van der Waals surface area contributed by atoms with Crippen molar-refractivity contribution in [3.63, 3.8) is 0 Å². The number of nitrogens with one attached hydrogen (secondary N) is 1. The van der Waals surface area contributed by atoms with Crippen LogP contribution >= 0.6 is 0 Å². The fraction of sp³-hybridized carbons (Fsp3) is 0.684. The molecule has 0 aliphatic rings. The summed E-state index contributed by atoms with van der Waals surface area (Å²) in [6.45, 7) is 15.9. The van der Waals surface area contributed by atoms with E-state index in [1.165, 1.54) is 11.1 Å². The highest BCUT2D eigenvalue weighted by molar-refractivity contribution is 5.28. The molecule has 2 heteroatoms. The Morgan fingerprint density at radius 2 is 1.52 bits per heavy atom. The Morgan fingerprint density at radius 3 is 1.90 bits per heavy atom. The van der Waals surface area contributed by atoms with Crippen molar-refractivity contribution >= 4 is 0 Å². The van der Waals surface area contributed by atoms with Gasteiger partial charge >= 0.3 is 0 Å². The highest BCUT2D eigenvalue weighted by Crippen LogP contribution is 2.30. The van der Waals surface area contributed by atoms with Gasteiger partial charge in [-0.15, -0.1) is 0 Å². The zero-order valence-corrected chi connectivity index (χ0v) is 15.0. The number of rotatable bonds is 5. The summed E-state index contributed by atoms with van der Waals surface area (Å²) in [7, 11) is 0. The lowest BCUT2D eigenvalue weighted by atomic mass is 9.78. The fourth-order valence-corrected chi connectivity index (χ4v) is 2.42. The Balaban J connectivity index is 2.70. The van der Waals surface area contributed by atoms with Crippen LogP contribution in [-0.2, 0) is 11.8 Å². The van der Waals surface area contributed by atoms with Gasteiger partial charge in [-0.1, -0.05) is 72.7 Å². The summed E-state index contributed by atoms with van der Waals surface area (Å²) in [5, 5.41) is 0. The number of hydrogen-bond donors (Lipinski definition) is 2. The van der Waals surface area contributed by atoms with E-state index in [0.29, 0.717) is 17.4 Å². The maximum atomic E-state index is 5.76. The topological polar surface area (TPSA) is 38.0 Å². The van der Waals surface area contributed by atoms with Crippen LogP contribution in [0.25, 0.3) is 0 Å². The summed E-state index contributed by atoms with van der Waals surface area (Å²) < 4.78 is 0. The van der Waals surface area contributed by atoms with Crippen LogP contribution in [0.2, 0.25) is 0 Å². The van der Waals surface area contributed by atoms with E-state index in [4.69, 9.17) is 5.84 Å². The average Bonchev–Trinajstić information content (AvgIpc) is 2.36. The first-order valence-corrected chi connectivity index (χ1v) is 8.09. The molecule has 0 radical (unpaired) electrons. The van der Waals surface area contributed by atoms with Crippen LogP contribution in [-0.4, -0.2) is 6.04 Å².